The summed E-state index contributed by atoms with van der Waals surface area (Å²) < 4.78 is 25.9. The lowest BCUT2D eigenvalue weighted by Gasteiger charge is -2.23. The van der Waals surface area contributed by atoms with E-state index in [1.54, 1.807) is 36.4 Å². The topological polar surface area (TPSA) is 61.3 Å². The number of fused-ring (bicyclic) bond motifs is 1. The van der Waals surface area contributed by atoms with Crippen LogP contribution in [0, 0.1) is 5.82 Å². The zero-order valence-corrected chi connectivity index (χ0v) is 16.7. The molecule has 0 N–H and O–H groups in total. The Morgan fingerprint density at radius 2 is 1.80 bits per heavy atom. The van der Waals surface area contributed by atoms with E-state index in [0.717, 1.165) is 6.42 Å². The van der Waals surface area contributed by atoms with Gasteiger partial charge < -0.3 is 9.47 Å². The minimum absolute atomic E-state index is 0.157. The average molecular weight is 420 g/mol. The van der Waals surface area contributed by atoms with Crippen LogP contribution in [0.1, 0.15) is 34.3 Å². The van der Waals surface area contributed by atoms with Gasteiger partial charge >= 0.3 is 0 Å². The van der Waals surface area contributed by atoms with Crippen LogP contribution in [0.2, 0.25) is 0 Å². The standard InChI is InChI=1S/C23H17FN2O3S/c24-17-13-15(23-28-11-4-12-29-23)7-8-16(17)21-26-19-10-9-18(25-22(19)30-21)20(27)14-5-2-1-3-6-14/h1-3,5-10,13,23H,4,11-12H2. The Labute approximate surface area is 176 Å². The first-order chi connectivity index (χ1) is 14.7. The molecule has 4 aromatic rings. The summed E-state index contributed by atoms with van der Waals surface area (Å²) >= 11 is 1.26. The fourth-order valence-electron chi connectivity index (χ4n) is 3.33. The first kappa shape index (κ1) is 19.0. The van der Waals surface area contributed by atoms with Gasteiger partial charge in [0.1, 0.15) is 26.9 Å². The summed E-state index contributed by atoms with van der Waals surface area (Å²) in [7, 11) is 0. The molecule has 5 rings (SSSR count). The molecular formula is C23H17FN2O3S. The predicted octanol–water partition coefficient (Wildman–Crippen LogP) is 5.16. The third-order valence-corrected chi connectivity index (χ3v) is 5.85. The van der Waals surface area contributed by atoms with Crippen LogP contribution < -0.4 is 0 Å². The highest BCUT2D eigenvalue weighted by Crippen LogP contribution is 2.33. The Balaban J connectivity index is 1.46. The van der Waals surface area contributed by atoms with E-state index in [9.17, 15) is 9.18 Å². The van der Waals surface area contributed by atoms with Crippen LogP contribution in [0.3, 0.4) is 0 Å². The molecular weight excluding hydrogens is 403 g/mol. The number of aromatic nitrogens is 2. The first-order valence-electron chi connectivity index (χ1n) is 9.59. The van der Waals surface area contributed by atoms with Crippen LogP contribution in [0.5, 0.6) is 0 Å². The number of carbonyl (C=O) groups excluding carboxylic acids is 1. The number of benzene rings is 2. The molecule has 3 heterocycles. The van der Waals surface area contributed by atoms with Gasteiger partial charge in [0.2, 0.25) is 5.78 Å². The van der Waals surface area contributed by atoms with Gasteiger partial charge in [-0.1, -0.05) is 47.7 Å². The number of pyridine rings is 1. The van der Waals surface area contributed by atoms with Crippen molar-refractivity contribution in [1.82, 2.24) is 9.97 Å². The van der Waals surface area contributed by atoms with Gasteiger partial charge in [0.05, 0.1) is 13.2 Å². The Bertz CT molecular complexity index is 1220. The molecule has 0 atom stereocenters. The zero-order chi connectivity index (χ0) is 20.5. The second-order valence-electron chi connectivity index (χ2n) is 6.90. The number of halogens is 1. The molecule has 1 aliphatic heterocycles. The van der Waals surface area contributed by atoms with Crippen LogP contribution in [-0.4, -0.2) is 29.0 Å². The van der Waals surface area contributed by atoms with Gasteiger partial charge in [0.15, 0.2) is 6.29 Å². The normalized spacial score (nSPS) is 14.8. The molecule has 2 aromatic heterocycles. The number of ether oxygens (including phenoxy) is 2. The van der Waals surface area contributed by atoms with E-state index in [-0.39, 0.29) is 5.78 Å². The van der Waals surface area contributed by atoms with Crippen molar-refractivity contribution in [2.45, 2.75) is 12.7 Å². The smallest absolute Gasteiger partial charge is 0.211 e. The van der Waals surface area contributed by atoms with E-state index in [2.05, 4.69) is 9.97 Å². The molecule has 1 fully saturated rings. The van der Waals surface area contributed by atoms with Crippen molar-refractivity contribution in [1.29, 1.82) is 0 Å². The SMILES string of the molecule is O=C(c1ccccc1)c1ccc2nc(-c3ccc(C4OCCCO4)cc3F)sc2n1. The highest BCUT2D eigenvalue weighted by molar-refractivity contribution is 7.21. The van der Waals surface area contributed by atoms with Gasteiger partial charge in [-0.2, -0.15) is 0 Å². The third-order valence-electron chi connectivity index (χ3n) is 4.85. The van der Waals surface area contributed by atoms with E-state index in [1.165, 1.54) is 17.4 Å². The second-order valence-corrected chi connectivity index (χ2v) is 7.88. The van der Waals surface area contributed by atoms with Crippen molar-refractivity contribution >= 4 is 27.5 Å². The number of hydrogen-bond acceptors (Lipinski definition) is 6. The maximum Gasteiger partial charge on any atom is 0.211 e. The molecule has 0 spiro atoms. The molecule has 30 heavy (non-hydrogen) atoms. The molecule has 150 valence electrons. The summed E-state index contributed by atoms with van der Waals surface area (Å²) in [6.07, 6.45) is 0.302. The number of nitrogens with zero attached hydrogens (tertiary/aromatic N) is 2. The Kier molecular flexibility index (Phi) is 5.08. The number of thiazole rings is 1. The molecule has 0 amide bonds. The van der Waals surface area contributed by atoms with Crippen molar-refractivity contribution in [2.24, 2.45) is 0 Å². The van der Waals surface area contributed by atoms with Crippen LogP contribution in [0.25, 0.3) is 20.9 Å². The summed E-state index contributed by atoms with van der Waals surface area (Å²) in [6, 6.07) is 17.3. The molecule has 0 aliphatic carbocycles. The molecule has 1 aliphatic rings. The molecule has 7 heteroatoms. The summed E-state index contributed by atoms with van der Waals surface area (Å²) in [5.74, 6) is -0.555. The molecule has 0 saturated carbocycles. The van der Waals surface area contributed by atoms with Gasteiger partial charge in [-0.25, -0.2) is 14.4 Å². The van der Waals surface area contributed by atoms with Gasteiger partial charge in [-0.3, -0.25) is 4.79 Å². The zero-order valence-electron chi connectivity index (χ0n) is 15.9. The highest BCUT2D eigenvalue weighted by atomic mass is 32.1. The van der Waals surface area contributed by atoms with Crippen LogP contribution in [0.4, 0.5) is 4.39 Å². The van der Waals surface area contributed by atoms with Crippen molar-refractivity contribution in [3.05, 3.63) is 83.3 Å². The monoisotopic (exact) mass is 420 g/mol. The summed E-state index contributed by atoms with van der Waals surface area (Å²) in [4.78, 5) is 22.2. The molecule has 0 bridgehead atoms. The minimum Gasteiger partial charge on any atom is -0.348 e. The largest absolute Gasteiger partial charge is 0.348 e. The van der Waals surface area contributed by atoms with Crippen molar-refractivity contribution in [2.75, 3.05) is 13.2 Å². The minimum atomic E-state index is -0.536. The third kappa shape index (κ3) is 3.63. The van der Waals surface area contributed by atoms with E-state index < -0.39 is 12.1 Å². The van der Waals surface area contributed by atoms with Crippen LogP contribution in [0.15, 0.2) is 60.7 Å². The van der Waals surface area contributed by atoms with Crippen molar-refractivity contribution in [3.63, 3.8) is 0 Å². The summed E-state index contributed by atoms with van der Waals surface area (Å²) in [5, 5.41) is 0.511. The maximum absolute atomic E-state index is 14.8. The van der Waals surface area contributed by atoms with Crippen molar-refractivity contribution < 1.29 is 18.7 Å². The Hall–Kier alpha value is -3.00. The van der Waals surface area contributed by atoms with E-state index >= 15 is 0 Å². The molecule has 0 unspecified atom stereocenters. The molecule has 5 nitrogen and oxygen atoms in total. The van der Waals surface area contributed by atoms with E-state index in [4.69, 9.17) is 9.47 Å². The van der Waals surface area contributed by atoms with Gasteiger partial charge in [0, 0.05) is 16.7 Å². The Morgan fingerprint density at radius 1 is 1.00 bits per heavy atom. The molecule has 2 aromatic carbocycles. The molecule has 1 saturated heterocycles. The fraction of sp³-hybridized carbons (Fsp3) is 0.174. The first-order valence-corrected chi connectivity index (χ1v) is 10.4. The fourth-order valence-corrected chi connectivity index (χ4v) is 4.29. The lowest BCUT2D eigenvalue weighted by Crippen LogP contribution is -2.17. The quantitative estimate of drug-likeness (QED) is 0.427. The number of hydrogen-bond donors (Lipinski definition) is 0. The summed E-state index contributed by atoms with van der Waals surface area (Å²) in [5.41, 5.74) is 2.57. The van der Waals surface area contributed by atoms with Gasteiger partial charge in [0.25, 0.3) is 0 Å². The number of carbonyl (C=O) groups is 1. The van der Waals surface area contributed by atoms with Crippen LogP contribution in [-0.2, 0) is 9.47 Å². The van der Waals surface area contributed by atoms with Gasteiger partial charge in [-0.15, -0.1) is 0 Å². The average Bonchev–Trinajstić information content (AvgIpc) is 3.22. The highest BCUT2D eigenvalue weighted by Gasteiger charge is 2.20. The van der Waals surface area contributed by atoms with Crippen molar-refractivity contribution in [3.8, 4) is 10.6 Å². The van der Waals surface area contributed by atoms with Crippen LogP contribution >= 0.6 is 11.3 Å². The van der Waals surface area contributed by atoms with E-state index in [1.807, 2.05) is 18.2 Å². The number of rotatable bonds is 4. The molecule has 0 radical (unpaired) electrons. The number of ketones is 1. The summed E-state index contributed by atoms with van der Waals surface area (Å²) in [6.45, 7) is 1.20. The predicted molar refractivity (Wildman–Crippen MR) is 112 cm³/mol. The maximum atomic E-state index is 14.8. The second kappa shape index (κ2) is 8.02. The Morgan fingerprint density at radius 3 is 2.57 bits per heavy atom. The van der Waals surface area contributed by atoms with E-state index in [0.29, 0.717) is 51.0 Å². The van der Waals surface area contributed by atoms with Gasteiger partial charge in [-0.05, 0) is 30.7 Å². The lowest BCUT2D eigenvalue weighted by atomic mass is 10.1. The lowest BCUT2D eigenvalue weighted by molar-refractivity contribution is -0.183.